The van der Waals surface area contributed by atoms with Crippen molar-refractivity contribution in [1.82, 2.24) is 10.6 Å². The summed E-state index contributed by atoms with van der Waals surface area (Å²) in [6, 6.07) is 15.6. The van der Waals surface area contributed by atoms with Gasteiger partial charge in [0.05, 0.1) is 0 Å². The summed E-state index contributed by atoms with van der Waals surface area (Å²) in [4.78, 5) is 36.1. The average Bonchev–Trinajstić information content (AvgIpc) is 3.17. The summed E-state index contributed by atoms with van der Waals surface area (Å²) in [5, 5.41) is 14.4. The fourth-order valence-corrected chi connectivity index (χ4v) is 4.50. The molecule has 1 aliphatic rings. The van der Waals surface area contributed by atoms with Crippen molar-refractivity contribution in [3.8, 4) is 11.1 Å². The Morgan fingerprint density at radius 2 is 1.60 bits per heavy atom. The van der Waals surface area contributed by atoms with Gasteiger partial charge in [0, 0.05) is 18.9 Å². The molecule has 1 aliphatic carbocycles. The third-order valence-electron chi connectivity index (χ3n) is 6.65. The van der Waals surface area contributed by atoms with Crippen LogP contribution in [-0.4, -0.2) is 42.3 Å². The van der Waals surface area contributed by atoms with Gasteiger partial charge in [-0.2, -0.15) is 0 Å². The van der Waals surface area contributed by atoms with Crippen LogP contribution in [0.5, 0.6) is 0 Å². The van der Waals surface area contributed by atoms with Crippen LogP contribution in [0.4, 0.5) is 4.79 Å². The van der Waals surface area contributed by atoms with Gasteiger partial charge in [-0.3, -0.25) is 9.59 Å². The molecule has 2 unspecified atom stereocenters. The maximum atomic E-state index is 12.8. The van der Waals surface area contributed by atoms with Gasteiger partial charge in [-0.15, -0.1) is 0 Å². The van der Waals surface area contributed by atoms with Crippen molar-refractivity contribution in [1.29, 1.82) is 0 Å². The van der Waals surface area contributed by atoms with Gasteiger partial charge in [-0.1, -0.05) is 75.2 Å². The largest absolute Gasteiger partial charge is 0.481 e. The third kappa shape index (κ3) is 7.31. The molecular formula is C28H36N2O5. The number of carbonyl (C=O) groups is 3. The summed E-state index contributed by atoms with van der Waals surface area (Å²) < 4.78 is 5.63. The predicted octanol–water partition coefficient (Wildman–Crippen LogP) is 5.09. The highest BCUT2D eigenvalue weighted by atomic mass is 16.5. The van der Waals surface area contributed by atoms with Gasteiger partial charge >= 0.3 is 12.1 Å². The topological polar surface area (TPSA) is 105 Å². The van der Waals surface area contributed by atoms with Crippen LogP contribution in [0.25, 0.3) is 11.1 Å². The fourth-order valence-electron chi connectivity index (χ4n) is 4.50. The van der Waals surface area contributed by atoms with Crippen LogP contribution in [0.15, 0.2) is 48.5 Å². The number of carboxylic acid groups (broad SMARTS) is 1. The first kappa shape index (κ1) is 26.3. The Balaban J connectivity index is 1.55. The molecule has 188 valence electrons. The van der Waals surface area contributed by atoms with Crippen LogP contribution in [0.2, 0.25) is 0 Å². The molecule has 7 heteroatoms. The van der Waals surface area contributed by atoms with E-state index in [0.29, 0.717) is 25.8 Å². The maximum absolute atomic E-state index is 12.8. The average molecular weight is 481 g/mol. The monoisotopic (exact) mass is 480 g/mol. The summed E-state index contributed by atoms with van der Waals surface area (Å²) in [6.07, 6.45) is 2.95. The van der Waals surface area contributed by atoms with Crippen LogP contribution in [0.3, 0.4) is 0 Å². The SMILES string of the molecule is CCC(C)CC(NC(=O)OCC1c2ccccc2-c2ccccc21)C(=O)NCCCCCC(=O)O. The van der Waals surface area contributed by atoms with E-state index < -0.39 is 18.1 Å². The van der Waals surface area contributed by atoms with Crippen LogP contribution in [-0.2, 0) is 14.3 Å². The first-order chi connectivity index (χ1) is 16.9. The molecule has 3 N–H and O–H groups in total. The zero-order chi connectivity index (χ0) is 25.2. The lowest BCUT2D eigenvalue weighted by atomic mass is 9.98. The summed E-state index contributed by atoms with van der Waals surface area (Å²) in [7, 11) is 0. The van der Waals surface area contributed by atoms with Crippen LogP contribution in [0, 0.1) is 5.92 Å². The minimum Gasteiger partial charge on any atom is -0.481 e. The molecule has 0 aliphatic heterocycles. The Labute approximate surface area is 207 Å². The molecule has 0 fully saturated rings. The van der Waals surface area contributed by atoms with Crippen molar-refractivity contribution in [2.24, 2.45) is 5.92 Å². The Morgan fingerprint density at radius 1 is 0.971 bits per heavy atom. The number of ether oxygens (including phenoxy) is 1. The molecule has 7 nitrogen and oxygen atoms in total. The number of carbonyl (C=O) groups excluding carboxylic acids is 2. The number of benzene rings is 2. The molecule has 0 saturated heterocycles. The number of hydrogen-bond donors (Lipinski definition) is 3. The highest BCUT2D eigenvalue weighted by molar-refractivity contribution is 5.85. The number of alkyl carbamates (subject to hydrolysis) is 1. The van der Waals surface area contributed by atoms with Crippen molar-refractivity contribution in [2.75, 3.05) is 13.2 Å². The maximum Gasteiger partial charge on any atom is 0.407 e. The van der Waals surface area contributed by atoms with E-state index in [4.69, 9.17) is 9.84 Å². The smallest absolute Gasteiger partial charge is 0.407 e. The number of rotatable bonds is 13. The number of amides is 2. The fraction of sp³-hybridized carbons (Fsp3) is 0.464. The van der Waals surface area contributed by atoms with Crippen LogP contribution >= 0.6 is 0 Å². The van der Waals surface area contributed by atoms with Gasteiger partial charge < -0.3 is 20.5 Å². The first-order valence-corrected chi connectivity index (χ1v) is 12.5. The van der Waals surface area contributed by atoms with E-state index in [-0.39, 0.29) is 30.8 Å². The van der Waals surface area contributed by atoms with E-state index in [1.54, 1.807) is 0 Å². The molecule has 0 saturated carbocycles. The van der Waals surface area contributed by atoms with Crippen molar-refractivity contribution in [2.45, 2.75) is 64.3 Å². The van der Waals surface area contributed by atoms with E-state index >= 15 is 0 Å². The minimum atomic E-state index is -0.810. The lowest BCUT2D eigenvalue weighted by Gasteiger charge is -2.22. The molecule has 0 aromatic heterocycles. The second-order valence-corrected chi connectivity index (χ2v) is 9.27. The van der Waals surface area contributed by atoms with Crippen LogP contribution < -0.4 is 10.6 Å². The third-order valence-corrected chi connectivity index (χ3v) is 6.65. The van der Waals surface area contributed by atoms with Gasteiger partial charge in [-0.05, 0) is 47.4 Å². The number of unbranched alkanes of at least 4 members (excludes halogenated alkanes) is 2. The van der Waals surface area contributed by atoms with Gasteiger partial charge in [0.25, 0.3) is 0 Å². The second kappa shape index (κ2) is 12.9. The molecule has 0 heterocycles. The quantitative estimate of drug-likeness (QED) is 0.346. The van der Waals surface area contributed by atoms with E-state index in [1.807, 2.05) is 31.2 Å². The number of aliphatic carboxylic acids is 1. The Bertz CT molecular complexity index is 976. The Morgan fingerprint density at radius 3 is 2.20 bits per heavy atom. The molecule has 3 rings (SSSR count). The number of fused-ring (bicyclic) bond motifs is 3. The highest BCUT2D eigenvalue weighted by Gasteiger charge is 2.30. The second-order valence-electron chi connectivity index (χ2n) is 9.27. The predicted molar refractivity (Wildman–Crippen MR) is 135 cm³/mol. The van der Waals surface area contributed by atoms with E-state index in [2.05, 4.69) is 41.8 Å². The molecule has 2 aromatic carbocycles. The Kier molecular flexibility index (Phi) is 9.70. The van der Waals surface area contributed by atoms with Crippen molar-refractivity contribution < 1.29 is 24.2 Å². The van der Waals surface area contributed by atoms with E-state index in [1.165, 1.54) is 0 Å². The summed E-state index contributed by atoms with van der Waals surface area (Å²) >= 11 is 0. The molecule has 0 radical (unpaired) electrons. The molecule has 2 aromatic rings. The first-order valence-electron chi connectivity index (χ1n) is 12.5. The molecule has 0 spiro atoms. The molecule has 0 bridgehead atoms. The summed E-state index contributed by atoms with van der Waals surface area (Å²) in [6.45, 7) is 4.74. The van der Waals surface area contributed by atoms with Gasteiger partial charge in [0.2, 0.25) is 5.91 Å². The van der Waals surface area contributed by atoms with Crippen molar-refractivity contribution >= 4 is 18.0 Å². The lowest BCUT2D eigenvalue weighted by Crippen LogP contribution is -2.48. The Hall–Kier alpha value is -3.35. The van der Waals surface area contributed by atoms with Gasteiger partial charge in [-0.25, -0.2) is 4.79 Å². The van der Waals surface area contributed by atoms with Crippen LogP contribution in [0.1, 0.15) is 69.4 Å². The normalized spacial score (nSPS) is 13.9. The lowest BCUT2D eigenvalue weighted by molar-refractivity contribution is -0.137. The molecule has 2 amide bonds. The minimum absolute atomic E-state index is 0.0409. The van der Waals surface area contributed by atoms with Crippen molar-refractivity contribution in [3.63, 3.8) is 0 Å². The molecular weight excluding hydrogens is 444 g/mol. The number of nitrogens with one attached hydrogen (secondary N) is 2. The van der Waals surface area contributed by atoms with Gasteiger partial charge in [0.15, 0.2) is 0 Å². The number of carboxylic acids is 1. The molecule has 35 heavy (non-hydrogen) atoms. The summed E-state index contributed by atoms with van der Waals surface area (Å²) in [5.74, 6) is -0.831. The molecule has 2 atom stereocenters. The number of hydrogen-bond acceptors (Lipinski definition) is 4. The van der Waals surface area contributed by atoms with E-state index in [0.717, 1.165) is 35.1 Å². The zero-order valence-corrected chi connectivity index (χ0v) is 20.6. The standard InChI is InChI=1S/C28H36N2O5/c1-3-19(2)17-25(27(33)29-16-10-4-5-15-26(31)32)30-28(34)35-18-24-22-13-8-6-11-20(22)21-12-7-9-14-23(21)24/h6-9,11-14,19,24-25H,3-5,10,15-18H2,1-2H3,(H,29,33)(H,30,34)(H,31,32). The van der Waals surface area contributed by atoms with Gasteiger partial charge in [0.1, 0.15) is 12.6 Å². The van der Waals surface area contributed by atoms with Crippen molar-refractivity contribution in [3.05, 3.63) is 59.7 Å². The zero-order valence-electron chi connectivity index (χ0n) is 20.6. The van der Waals surface area contributed by atoms with E-state index in [9.17, 15) is 14.4 Å². The highest BCUT2D eigenvalue weighted by Crippen LogP contribution is 2.44. The summed E-state index contributed by atoms with van der Waals surface area (Å²) in [5.41, 5.74) is 4.60.